The molecule has 1 aliphatic rings. The monoisotopic (exact) mass is 315 g/mol. The predicted molar refractivity (Wildman–Crippen MR) is 73.6 cm³/mol. The van der Waals surface area contributed by atoms with Crippen molar-refractivity contribution in [2.45, 2.75) is 23.8 Å². The molecular formula is C13H17NO6S. The maximum atomic E-state index is 12.5. The van der Waals surface area contributed by atoms with Crippen LogP contribution in [0.4, 0.5) is 0 Å². The molecule has 2 rings (SSSR count). The molecule has 8 heteroatoms. The molecule has 1 heterocycles. The van der Waals surface area contributed by atoms with Crippen LogP contribution in [0.5, 0.6) is 5.75 Å². The molecule has 0 aromatic heterocycles. The van der Waals surface area contributed by atoms with Crippen LogP contribution in [0.1, 0.15) is 12.8 Å². The Labute approximate surface area is 122 Å². The van der Waals surface area contributed by atoms with E-state index < -0.39 is 22.6 Å². The van der Waals surface area contributed by atoms with Crippen molar-refractivity contribution in [3.63, 3.8) is 0 Å². The van der Waals surface area contributed by atoms with Gasteiger partial charge in [0.2, 0.25) is 10.0 Å². The van der Waals surface area contributed by atoms with Gasteiger partial charge in [-0.25, -0.2) is 13.2 Å². The smallest absolute Gasteiger partial charge is 0.341 e. The molecule has 0 saturated carbocycles. The summed E-state index contributed by atoms with van der Waals surface area (Å²) in [6.45, 7) is -0.283. The van der Waals surface area contributed by atoms with E-state index in [2.05, 4.69) is 0 Å². The standard InChI is InChI=1S/C13H17NO6S/c15-8-10-2-1-7-14(10)21(18,19)12-5-3-11(4-6-12)20-9-13(16)17/h3-6,10,15H,1-2,7-9H2,(H,16,17). The van der Waals surface area contributed by atoms with Crippen LogP contribution in [0.2, 0.25) is 0 Å². The Morgan fingerprint density at radius 1 is 1.33 bits per heavy atom. The summed E-state index contributed by atoms with van der Waals surface area (Å²) in [5.74, 6) is -0.814. The maximum absolute atomic E-state index is 12.5. The summed E-state index contributed by atoms with van der Waals surface area (Å²) in [6, 6.07) is 5.20. The van der Waals surface area contributed by atoms with Gasteiger partial charge in [-0.05, 0) is 37.1 Å². The van der Waals surface area contributed by atoms with Gasteiger partial charge in [0.05, 0.1) is 11.5 Å². The molecule has 7 nitrogen and oxygen atoms in total. The van der Waals surface area contributed by atoms with Gasteiger partial charge in [-0.1, -0.05) is 0 Å². The van der Waals surface area contributed by atoms with Crippen LogP contribution in [-0.2, 0) is 14.8 Å². The van der Waals surface area contributed by atoms with Gasteiger partial charge in [-0.3, -0.25) is 0 Å². The van der Waals surface area contributed by atoms with E-state index in [4.69, 9.17) is 9.84 Å². The summed E-state index contributed by atoms with van der Waals surface area (Å²) in [5.41, 5.74) is 0. The number of carboxylic acids is 1. The molecule has 1 atom stereocenters. The number of ether oxygens (including phenoxy) is 1. The average molecular weight is 315 g/mol. The third-order valence-corrected chi connectivity index (χ3v) is 5.29. The zero-order valence-corrected chi connectivity index (χ0v) is 12.1. The highest BCUT2D eigenvalue weighted by Crippen LogP contribution is 2.26. The van der Waals surface area contributed by atoms with E-state index in [1.54, 1.807) is 0 Å². The topological polar surface area (TPSA) is 104 Å². The number of nitrogens with zero attached hydrogens (tertiary/aromatic N) is 1. The van der Waals surface area contributed by atoms with E-state index >= 15 is 0 Å². The maximum Gasteiger partial charge on any atom is 0.341 e. The Hall–Kier alpha value is -1.64. The van der Waals surface area contributed by atoms with Crippen molar-refractivity contribution < 1.29 is 28.2 Å². The normalized spacial score (nSPS) is 19.6. The largest absolute Gasteiger partial charge is 0.482 e. The fourth-order valence-corrected chi connectivity index (χ4v) is 3.98. The second kappa shape index (κ2) is 6.42. The van der Waals surface area contributed by atoms with E-state index in [0.29, 0.717) is 13.0 Å². The summed E-state index contributed by atoms with van der Waals surface area (Å²) in [6.07, 6.45) is 1.37. The Kier molecular flexibility index (Phi) is 4.81. The summed E-state index contributed by atoms with van der Waals surface area (Å²) in [4.78, 5) is 10.5. The molecule has 0 bridgehead atoms. The lowest BCUT2D eigenvalue weighted by Gasteiger charge is -2.22. The summed E-state index contributed by atoms with van der Waals surface area (Å²) < 4.78 is 31.2. The van der Waals surface area contributed by atoms with Gasteiger partial charge < -0.3 is 14.9 Å². The molecule has 1 fully saturated rings. The van der Waals surface area contributed by atoms with Crippen LogP contribution in [0.3, 0.4) is 0 Å². The minimum absolute atomic E-state index is 0.102. The lowest BCUT2D eigenvalue weighted by Crippen LogP contribution is -2.37. The average Bonchev–Trinajstić information content (AvgIpc) is 2.94. The lowest BCUT2D eigenvalue weighted by molar-refractivity contribution is -0.139. The number of hydrogen-bond acceptors (Lipinski definition) is 5. The second-order valence-corrected chi connectivity index (χ2v) is 6.64. The first-order valence-corrected chi connectivity index (χ1v) is 7.96. The first-order chi connectivity index (χ1) is 9.95. The molecular weight excluding hydrogens is 298 g/mol. The van der Waals surface area contributed by atoms with Crippen molar-refractivity contribution in [3.05, 3.63) is 24.3 Å². The fraction of sp³-hybridized carbons (Fsp3) is 0.462. The second-order valence-electron chi connectivity index (χ2n) is 4.75. The van der Waals surface area contributed by atoms with Crippen molar-refractivity contribution in [2.24, 2.45) is 0 Å². The molecule has 1 unspecified atom stereocenters. The first-order valence-electron chi connectivity index (χ1n) is 6.52. The van der Waals surface area contributed by atoms with Gasteiger partial charge >= 0.3 is 5.97 Å². The number of carbonyl (C=O) groups is 1. The zero-order chi connectivity index (χ0) is 15.5. The third-order valence-electron chi connectivity index (χ3n) is 3.33. The number of hydrogen-bond donors (Lipinski definition) is 2. The van der Waals surface area contributed by atoms with E-state index in [0.717, 1.165) is 6.42 Å². The van der Waals surface area contributed by atoms with Crippen molar-refractivity contribution in [1.29, 1.82) is 0 Å². The highest BCUT2D eigenvalue weighted by molar-refractivity contribution is 7.89. The third kappa shape index (κ3) is 3.52. The molecule has 0 amide bonds. The number of sulfonamides is 1. The number of carboxylic acid groups (broad SMARTS) is 1. The number of aliphatic hydroxyl groups is 1. The molecule has 21 heavy (non-hydrogen) atoms. The quantitative estimate of drug-likeness (QED) is 0.782. The molecule has 0 radical (unpaired) electrons. The van der Waals surface area contributed by atoms with Gasteiger partial charge in [0, 0.05) is 12.6 Å². The molecule has 0 aliphatic carbocycles. The van der Waals surface area contributed by atoms with Crippen molar-refractivity contribution in [3.8, 4) is 5.75 Å². The minimum Gasteiger partial charge on any atom is -0.482 e. The van der Waals surface area contributed by atoms with E-state index in [1.165, 1.54) is 28.6 Å². The van der Waals surface area contributed by atoms with Gasteiger partial charge in [-0.2, -0.15) is 4.31 Å². The Balaban J connectivity index is 2.15. The van der Waals surface area contributed by atoms with Crippen LogP contribution in [0, 0.1) is 0 Å². The fourth-order valence-electron chi connectivity index (χ4n) is 2.30. The highest BCUT2D eigenvalue weighted by atomic mass is 32.2. The summed E-state index contributed by atoms with van der Waals surface area (Å²) in [7, 11) is -3.65. The van der Waals surface area contributed by atoms with Crippen LogP contribution >= 0.6 is 0 Å². The molecule has 1 saturated heterocycles. The molecule has 2 N–H and O–H groups in total. The van der Waals surface area contributed by atoms with Crippen LogP contribution in [0.15, 0.2) is 29.2 Å². The number of benzene rings is 1. The van der Waals surface area contributed by atoms with Crippen LogP contribution in [0.25, 0.3) is 0 Å². The lowest BCUT2D eigenvalue weighted by atomic mass is 10.2. The van der Waals surface area contributed by atoms with Gasteiger partial charge in [0.15, 0.2) is 6.61 Å². The molecule has 116 valence electrons. The van der Waals surface area contributed by atoms with Gasteiger partial charge in [0.1, 0.15) is 5.75 Å². The predicted octanol–water partition coefficient (Wildman–Crippen LogP) is 0.295. The summed E-state index contributed by atoms with van der Waals surface area (Å²) in [5, 5.41) is 17.7. The van der Waals surface area contributed by atoms with E-state index in [1.807, 2.05) is 0 Å². The first kappa shape index (κ1) is 15.7. The number of aliphatic hydroxyl groups excluding tert-OH is 1. The minimum atomic E-state index is -3.65. The Bertz CT molecular complexity index is 598. The van der Waals surface area contributed by atoms with Crippen molar-refractivity contribution in [2.75, 3.05) is 19.8 Å². The SMILES string of the molecule is O=C(O)COc1ccc(S(=O)(=O)N2CCCC2CO)cc1. The molecule has 0 spiro atoms. The molecule has 1 aromatic rings. The van der Waals surface area contributed by atoms with Crippen LogP contribution in [-0.4, -0.2) is 54.7 Å². The van der Waals surface area contributed by atoms with Gasteiger partial charge in [-0.15, -0.1) is 0 Å². The van der Waals surface area contributed by atoms with Crippen LogP contribution < -0.4 is 4.74 Å². The zero-order valence-electron chi connectivity index (χ0n) is 11.3. The number of rotatable bonds is 6. The van der Waals surface area contributed by atoms with E-state index in [9.17, 15) is 18.3 Å². The summed E-state index contributed by atoms with van der Waals surface area (Å²) >= 11 is 0. The Morgan fingerprint density at radius 2 is 2.00 bits per heavy atom. The van der Waals surface area contributed by atoms with Gasteiger partial charge in [0.25, 0.3) is 0 Å². The molecule has 1 aromatic carbocycles. The van der Waals surface area contributed by atoms with E-state index in [-0.39, 0.29) is 23.3 Å². The van der Waals surface area contributed by atoms with Crippen molar-refractivity contribution in [1.82, 2.24) is 4.31 Å². The molecule has 1 aliphatic heterocycles. The highest BCUT2D eigenvalue weighted by Gasteiger charge is 2.34. The van der Waals surface area contributed by atoms with Crippen molar-refractivity contribution >= 4 is 16.0 Å². The number of aliphatic carboxylic acids is 1. The Morgan fingerprint density at radius 3 is 2.57 bits per heavy atom.